The fourth-order valence-corrected chi connectivity index (χ4v) is 3.72. The van der Waals surface area contributed by atoms with E-state index in [4.69, 9.17) is 15.5 Å². The van der Waals surface area contributed by atoms with Gasteiger partial charge in [0, 0.05) is 24.0 Å². The van der Waals surface area contributed by atoms with Gasteiger partial charge in [-0.25, -0.2) is 4.98 Å². The van der Waals surface area contributed by atoms with Crippen molar-refractivity contribution in [3.8, 4) is 16.3 Å². The molecule has 2 aromatic rings. The lowest BCUT2D eigenvalue weighted by molar-refractivity contribution is -0.123. The van der Waals surface area contributed by atoms with Gasteiger partial charge in [0.15, 0.2) is 0 Å². The molecule has 2 N–H and O–H groups in total. The van der Waals surface area contributed by atoms with E-state index in [-0.39, 0.29) is 11.8 Å². The monoisotopic (exact) mass is 331 g/mol. The number of hydrogen-bond donors (Lipinski definition) is 1. The van der Waals surface area contributed by atoms with Crippen LogP contribution in [0.5, 0.6) is 5.75 Å². The van der Waals surface area contributed by atoms with Crippen LogP contribution < -0.4 is 10.5 Å². The number of nitrogens with zero attached hydrogens (tertiary/aromatic N) is 2. The summed E-state index contributed by atoms with van der Waals surface area (Å²) in [7, 11) is 1.66. The maximum atomic E-state index is 11.4. The number of hydrogen-bond acceptors (Lipinski definition) is 5. The molecular formula is C17H21N3O2S. The Bertz CT molecular complexity index is 669. The Kier molecular flexibility index (Phi) is 4.93. The Labute approximate surface area is 140 Å². The van der Waals surface area contributed by atoms with Crippen molar-refractivity contribution in [3.63, 3.8) is 0 Å². The van der Waals surface area contributed by atoms with Crippen molar-refractivity contribution in [1.29, 1.82) is 0 Å². The number of amides is 1. The Hall–Kier alpha value is -1.92. The minimum Gasteiger partial charge on any atom is -0.497 e. The fourth-order valence-electron chi connectivity index (χ4n) is 2.91. The highest BCUT2D eigenvalue weighted by Gasteiger charge is 2.24. The van der Waals surface area contributed by atoms with Crippen molar-refractivity contribution >= 4 is 17.2 Å². The number of piperidine rings is 1. The molecule has 0 bridgehead atoms. The number of ether oxygens (including phenoxy) is 1. The number of benzene rings is 1. The van der Waals surface area contributed by atoms with Crippen LogP contribution in [0.2, 0.25) is 0 Å². The minimum atomic E-state index is -0.188. The second kappa shape index (κ2) is 7.10. The molecule has 1 amide bonds. The Morgan fingerprint density at radius 2 is 2.22 bits per heavy atom. The van der Waals surface area contributed by atoms with Crippen LogP contribution in [0.4, 0.5) is 0 Å². The van der Waals surface area contributed by atoms with Crippen molar-refractivity contribution in [3.05, 3.63) is 35.3 Å². The molecule has 1 fully saturated rings. The van der Waals surface area contributed by atoms with E-state index in [2.05, 4.69) is 10.3 Å². The molecule has 1 aliphatic rings. The van der Waals surface area contributed by atoms with Crippen molar-refractivity contribution < 1.29 is 9.53 Å². The highest BCUT2D eigenvalue weighted by molar-refractivity contribution is 7.13. The van der Waals surface area contributed by atoms with E-state index in [1.54, 1.807) is 18.4 Å². The van der Waals surface area contributed by atoms with E-state index < -0.39 is 0 Å². The average molecular weight is 331 g/mol. The summed E-state index contributed by atoms with van der Waals surface area (Å²) in [4.78, 5) is 18.4. The summed E-state index contributed by atoms with van der Waals surface area (Å²) in [6.45, 7) is 2.51. The molecule has 0 spiro atoms. The average Bonchev–Trinajstić information content (AvgIpc) is 3.03. The van der Waals surface area contributed by atoms with Gasteiger partial charge in [-0.2, -0.15) is 0 Å². The molecule has 1 atom stereocenters. The molecule has 1 saturated heterocycles. The summed E-state index contributed by atoms with van der Waals surface area (Å²) in [5, 5.41) is 3.10. The summed E-state index contributed by atoms with van der Waals surface area (Å²) in [5.74, 6) is 0.631. The third kappa shape index (κ3) is 3.89. The predicted octanol–water partition coefficient (Wildman–Crippen LogP) is 2.52. The maximum Gasteiger partial charge on any atom is 0.221 e. The first-order valence-electron chi connectivity index (χ1n) is 7.76. The van der Waals surface area contributed by atoms with E-state index in [1.165, 1.54) is 0 Å². The molecule has 2 heterocycles. The molecular weight excluding hydrogens is 310 g/mol. The lowest BCUT2D eigenvalue weighted by atomic mass is 9.97. The van der Waals surface area contributed by atoms with Gasteiger partial charge < -0.3 is 10.5 Å². The fraction of sp³-hybridized carbons (Fsp3) is 0.412. The molecule has 0 saturated carbocycles. The third-order valence-electron chi connectivity index (χ3n) is 4.18. The van der Waals surface area contributed by atoms with Crippen molar-refractivity contribution in [1.82, 2.24) is 9.88 Å². The third-order valence-corrected chi connectivity index (χ3v) is 5.12. The number of nitrogens with two attached hydrogens (primary N) is 1. The molecule has 5 nitrogen and oxygen atoms in total. The van der Waals surface area contributed by atoms with E-state index in [0.717, 1.165) is 54.5 Å². The predicted molar refractivity (Wildman–Crippen MR) is 91.3 cm³/mol. The zero-order valence-corrected chi connectivity index (χ0v) is 14.0. The number of primary amides is 1. The number of likely N-dealkylation sites (tertiary alicyclic amines) is 1. The quantitative estimate of drug-likeness (QED) is 0.914. The summed E-state index contributed by atoms with van der Waals surface area (Å²) < 4.78 is 5.18. The molecule has 23 heavy (non-hydrogen) atoms. The number of methoxy groups -OCH3 is 1. The Morgan fingerprint density at radius 3 is 2.91 bits per heavy atom. The highest BCUT2D eigenvalue weighted by Crippen LogP contribution is 2.27. The van der Waals surface area contributed by atoms with Gasteiger partial charge in [-0.05, 0) is 43.7 Å². The number of carbonyl (C=O) groups excluding carboxylic acids is 1. The van der Waals surface area contributed by atoms with Crippen molar-refractivity contribution in [2.75, 3.05) is 20.2 Å². The van der Waals surface area contributed by atoms with Gasteiger partial charge in [-0.15, -0.1) is 11.3 Å². The van der Waals surface area contributed by atoms with Gasteiger partial charge in [-0.1, -0.05) is 0 Å². The first-order chi connectivity index (χ1) is 11.2. The van der Waals surface area contributed by atoms with Crippen molar-refractivity contribution in [2.24, 2.45) is 11.7 Å². The van der Waals surface area contributed by atoms with Crippen LogP contribution in [0.1, 0.15) is 18.5 Å². The van der Waals surface area contributed by atoms with Gasteiger partial charge in [0.1, 0.15) is 10.8 Å². The lowest BCUT2D eigenvalue weighted by Gasteiger charge is -2.30. The second-order valence-corrected chi connectivity index (χ2v) is 6.71. The smallest absolute Gasteiger partial charge is 0.221 e. The second-order valence-electron chi connectivity index (χ2n) is 5.85. The molecule has 3 rings (SSSR count). The van der Waals surface area contributed by atoms with Gasteiger partial charge in [0.25, 0.3) is 0 Å². The van der Waals surface area contributed by atoms with Crippen LogP contribution in [0, 0.1) is 5.92 Å². The molecule has 0 aliphatic carbocycles. The van der Waals surface area contributed by atoms with Crippen LogP contribution in [-0.4, -0.2) is 36.0 Å². The molecule has 1 aliphatic heterocycles. The van der Waals surface area contributed by atoms with E-state index in [0.29, 0.717) is 0 Å². The summed E-state index contributed by atoms with van der Waals surface area (Å²) >= 11 is 1.64. The Morgan fingerprint density at radius 1 is 1.43 bits per heavy atom. The van der Waals surface area contributed by atoms with Gasteiger partial charge >= 0.3 is 0 Å². The molecule has 0 radical (unpaired) electrons. The SMILES string of the molecule is COc1ccc(-c2nc(CN3CCC[C@@H](C(N)=O)C3)cs2)cc1. The molecule has 1 aromatic heterocycles. The molecule has 6 heteroatoms. The summed E-state index contributed by atoms with van der Waals surface area (Å²) in [5.41, 5.74) is 7.58. The number of aromatic nitrogens is 1. The maximum absolute atomic E-state index is 11.4. The van der Waals surface area contributed by atoms with E-state index >= 15 is 0 Å². The normalized spacial score (nSPS) is 18.7. The number of thiazole rings is 1. The lowest BCUT2D eigenvalue weighted by Crippen LogP contribution is -2.40. The summed E-state index contributed by atoms with van der Waals surface area (Å²) in [6.07, 6.45) is 1.92. The van der Waals surface area contributed by atoms with Gasteiger partial charge in [-0.3, -0.25) is 9.69 Å². The first-order valence-corrected chi connectivity index (χ1v) is 8.64. The van der Waals surface area contributed by atoms with Gasteiger partial charge in [0.05, 0.1) is 18.7 Å². The van der Waals surface area contributed by atoms with E-state index in [1.807, 2.05) is 24.3 Å². The van der Waals surface area contributed by atoms with Crippen LogP contribution in [0.15, 0.2) is 29.6 Å². The number of rotatable bonds is 5. The van der Waals surface area contributed by atoms with Gasteiger partial charge in [0.2, 0.25) is 5.91 Å². The number of carbonyl (C=O) groups is 1. The zero-order chi connectivity index (χ0) is 16.2. The highest BCUT2D eigenvalue weighted by atomic mass is 32.1. The molecule has 0 unspecified atom stereocenters. The zero-order valence-electron chi connectivity index (χ0n) is 13.2. The minimum absolute atomic E-state index is 0.0246. The van der Waals surface area contributed by atoms with Crippen LogP contribution in [0.3, 0.4) is 0 Å². The van der Waals surface area contributed by atoms with Crippen LogP contribution >= 0.6 is 11.3 Å². The first kappa shape index (κ1) is 16.0. The topological polar surface area (TPSA) is 68.4 Å². The van der Waals surface area contributed by atoms with Crippen molar-refractivity contribution in [2.45, 2.75) is 19.4 Å². The molecule has 1 aromatic carbocycles. The summed E-state index contributed by atoms with van der Waals surface area (Å²) in [6, 6.07) is 7.92. The molecule has 122 valence electrons. The van der Waals surface area contributed by atoms with Crippen LogP contribution in [-0.2, 0) is 11.3 Å². The largest absolute Gasteiger partial charge is 0.497 e. The van der Waals surface area contributed by atoms with E-state index in [9.17, 15) is 4.79 Å². The van der Waals surface area contributed by atoms with Crippen LogP contribution in [0.25, 0.3) is 10.6 Å². The Balaban J connectivity index is 1.65. The standard InChI is InChI=1S/C17H21N3O2S/c1-22-15-6-4-12(5-7-15)17-19-14(11-23-17)10-20-8-2-3-13(9-20)16(18)21/h4-7,11,13H,2-3,8-10H2,1H3,(H2,18,21)/t13-/m1/s1.